The van der Waals surface area contributed by atoms with Crippen LogP contribution in [0.5, 0.6) is 0 Å². The first-order chi connectivity index (χ1) is 12.7. The number of hydrogen-bond acceptors (Lipinski definition) is 3. The van der Waals surface area contributed by atoms with Crippen LogP contribution < -0.4 is 5.32 Å². The predicted molar refractivity (Wildman–Crippen MR) is 112 cm³/mol. The fourth-order valence-corrected chi connectivity index (χ4v) is 4.17. The summed E-state index contributed by atoms with van der Waals surface area (Å²) in [6.07, 6.45) is 1.96. The number of fused-ring (bicyclic) bond motifs is 1. The zero-order valence-electron chi connectivity index (χ0n) is 13.9. The SMILES string of the molecule is Clc1ccc(CNCc2ncc(-c3cccc4ccccc34)s2)cc1Cl. The van der Waals surface area contributed by atoms with Crippen LogP contribution in [-0.2, 0) is 13.1 Å². The molecule has 0 atom stereocenters. The largest absolute Gasteiger partial charge is 0.306 e. The van der Waals surface area contributed by atoms with Gasteiger partial charge in [-0.05, 0) is 28.5 Å². The molecule has 0 unspecified atom stereocenters. The van der Waals surface area contributed by atoms with Crippen molar-refractivity contribution < 1.29 is 0 Å². The van der Waals surface area contributed by atoms with Crippen molar-refractivity contribution in [1.29, 1.82) is 0 Å². The molecule has 0 spiro atoms. The van der Waals surface area contributed by atoms with Gasteiger partial charge in [-0.15, -0.1) is 11.3 Å². The topological polar surface area (TPSA) is 24.9 Å². The first-order valence-corrected chi connectivity index (χ1v) is 9.85. The van der Waals surface area contributed by atoms with Crippen LogP contribution in [0.1, 0.15) is 10.6 Å². The highest BCUT2D eigenvalue weighted by Gasteiger charge is 2.08. The van der Waals surface area contributed by atoms with Gasteiger partial charge in [0, 0.05) is 24.8 Å². The van der Waals surface area contributed by atoms with Crippen molar-refractivity contribution in [3.05, 3.63) is 87.5 Å². The summed E-state index contributed by atoms with van der Waals surface area (Å²) in [7, 11) is 0. The molecule has 0 saturated carbocycles. The van der Waals surface area contributed by atoms with Crippen LogP contribution in [0.2, 0.25) is 10.0 Å². The Kier molecular flexibility index (Phi) is 5.23. The maximum atomic E-state index is 6.06. The van der Waals surface area contributed by atoms with Crippen molar-refractivity contribution >= 4 is 45.3 Å². The highest BCUT2D eigenvalue weighted by atomic mass is 35.5. The lowest BCUT2D eigenvalue weighted by Gasteiger charge is -2.05. The summed E-state index contributed by atoms with van der Waals surface area (Å²) in [5, 5.41) is 8.14. The third-order valence-corrected chi connectivity index (χ3v) is 5.97. The number of nitrogens with one attached hydrogen (secondary N) is 1. The van der Waals surface area contributed by atoms with E-state index in [0.717, 1.165) is 23.7 Å². The minimum Gasteiger partial charge on any atom is -0.306 e. The Hall–Kier alpha value is -1.91. The average Bonchev–Trinajstić information content (AvgIpc) is 3.13. The van der Waals surface area contributed by atoms with E-state index in [4.69, 9.17) is 23.2 Å². The van der Waals surface area contributed by atoms with Crippen molar-refractivity contribution in [2.75, 3.05) is 0 Å². The summed E-state index contributed by atoms with van der Waals surface area (Å²) >= 11 is 13.7. The van der Waals surface area contributed by atoms with E-state index >= 15 is 0 Å². The van der Waals surface area contributed by atoms with Crippen LogP contribution in [0.15, 0.2) is 66.9 Å². The minimum atomic E-state index is 0.579. The van der Waals surface area contributed by atoms with Crippen LogP contribution in [0, 0.1) is 0 Å². The molecular formula is C21H16Cl2N2S. The summed E-state index contributed by atoms with van der Waals surface area (Å²) < 4.78 is 0. The number of nitrogens with zero attached hydrogens (tertiary/aromatic N) is 1. The Morgan fingerprint density at radius 3 is 2.62 bits per heavy atom. The molecule has 1 aromatic heterocycles. The van der Waals surface area contributed by atoms with Crippen molar-refractivity contribution in [2.24, 2.45) is 0 Å². The van der Waals surface area contributed by atoms with Crippen molar-refractivity contribution in [2.45, 2.75) is 13.1 Å². The third kappa shape index (κ3) is 3.76. The molecule has 0 amide bonds. The van der Waals surface area contributed by atoms with Gasteiger partial charge in [-0.2, -0.15) is 0 Å². The van der Waals surface area contributed by atoms with E-state index in [1.807, 2.05) is 24.4 Å². The zero-order chi connectivity index (χ0) is 17.9. The first kappa shape index (κ1) is 17.5. The standard InChI is InChI=1S/C21H16Cl2N2S/c22-18-9-8-14(10-19(18)23)11-24-13-21-25-12-20(26-21)17-7-3-5-15-4-1-2-6-16(15)17/h1-10,12,24H,11,13H2. The van der Waals surface area contributed by atoms with Gasteiger partial charge < -0.3 is 5.32 Å². The number of rotatable bonds is 5. The Labute approximate surface area is 166 Å². The average molecular weight is 399 g/mol. The van der Waals surface area contributed by atoms with Gasteiger partial charge in [-0.1, -0.05) is 71.7 Å². The fourth-order valence-electron chi connectivity index (χ4n) is 2.92. The molecule has 0 saturated heterocycles. The quantitative estimate of drug-likeness (QED) is 0.411. The highest BCUT2D eigenvalue weighted by Crippen LogP contribution is 2.32. The third-order valence-electron chi connectivity index (χ3n) is 4.20. The Morgan fingerprint density at radius 1 is 0.885 bits per heavy atom. The van der Waals surface area contributed by atoms with Gasteiger partial charge in [0.1, 0.15) is 5.01 Å². The van der Waals surface area contributed by atoms with Crippen LogP contribution in [0.3, 0.4) is 0 Å². The molecule has 4 rings (SSSR count). The molecule has 0 radical (unpaired) electrons. The summed E-state index contributed by atoms with van der Waals surface area (Å²) in [5.74, 6) is 0. The molecule has 0 bridgehead atoms. The number of thiazole rings is 1. The number of hydrogen-bond donors (Lipinski definition) is 1. The molecule has 5 heteroatoms. The van der Waals surface area contributed by atoms with E-state index in [9.17, 15) is 0 Å². The summed E-state index contributed by atoms with van der Waals surface area (Å²) in [6, 6.07) is 20.5. The van der Waals surface area contributed by atoms with Gasteiger partial charge in [-0.3, -0.25) is 0 Å². The van der Waals surface area contributed by atoms with E-state index < -0.39 is 0 Å². The second kappa shape index (κ2) is 7.77. The molecule has 4 aromatic rings. The number of benzene rings is 3. The smallest absolute Gasteiger partial charge is 0.107 e. The Balaban J connectivity index is 1.47. The summed E-state index contributed by atoms with van der Waals surface area (Å²) in [4.78, 5) is 5.76. The Bertz CT molecular complexity index is 1050. The number of aromatic nitrogens is 1. The highest BCUT2D eigenvalue weighted by molar-refractivity contribution is 7.15. The van der Waals surface area contributed by atoms with Crippen molar-refractivity contribution in [3.8, 4) is 10.4 Å². The normalized spacial score (nSPS) is 11.2. The molecule has 0 aliphatic heterocycles. The monoisotopic (exact) mass is 398 g/mol. The molecule has 26 heavy (non-hydrogen) atoms. The lowest BCUT2D eigenvalue weighted by Crippen LogP contribution is -2.12. The number of halogens is 2. The van der Waals surface area contributed by atoms with Gasteiger partial charge in [0.05, 0.1) is 14.9 Å². The minimum absolute atomic E-state index is 0.579. The van der Waals surface area contributed by atoms with Gasteiger partial charge in [0.15, 0.2) is 0 Å². The zero-order valence-corrected chi connectivity index (χ0v) is 16.2. The lowest BCUT2D eigenvalue weighted by molar-refractivity contribution is 0.690. The van der Waals surface area contributed by atoms with Gasteiger partial charge >= 0.3 is 0 Å². The maximum absolute atomic E-state index is 6.06. The van der Waals surface area contributed by atoms with Crippen LogP contribution in [0.4, 0.5) is 0 Å². The second-order valence-electron chi connectivity index (χ2n) is 6.00. The van der Waals surface area contributed by atoms with Crippen LogP contribution >= 0.6 is 34.5 Å². The summed E-state index contributed by atoms with van der Waals surface area (Å²) in [6.45, 7) is 1.44. The van der Waals surface area contributed by atoms with E-state index in [1.165, 1.54) is 21.2 Å². The molecule has 0 fully saturated rings. The predicted octanol–water partition coefficient (Wildman–Crippen LogP) is 6.56. The van der Waals surface area contributed by atoms with Gasteiger partial charge in [0.2, 0.25) is 0 Å². The fraction of sp³-hybridized carbons (Fsp3) is 0.0952. The van der Waals surface area contributed by atoms with Gasteiger partial charge in [0.25, 0.3) is 0 Å². The van der Waals surface area contributed by atoms with E-state index in [-0.39, 0.29) is 0 Å². The van der Waals surface area contributed by atoms with Crippen LogP contribution in [0.25, 0.3) is 21.2 Å². The first-order valence-electron chi connectivity index (χ1n) is 8.28. The Morgan fingerprint density at radius 2 is 1.73 bits per heavy atom. The van der Waals surface area contributed by atoms with E-state index in [1.54, 1.807) is 11.3 Å². The van der Waals surface area contributed by atoms with Crippen molar-refractivity contribution in [1.82, 2.24) is 10.3 Å². The van der Waals surface area contributed by atoms with Crippen LogP contribution in [-0.4, -0.2) is 4.98 Å². The molecule has 0 aliphatic rings. The van der Waals surface area contributed by atoms with Crippen molar-refractivity contribution in [3.63, 3.8) is 0 Å². The van der Waals surface area contributed by atoms with Gasteiger partial charge in [-0.25, -0.2) is 4.98 Å². The second-order valence-corrected chi connectivity index (χ2v) is 7.93. The molecule has 3 aromatic carbocycles. The molecule has 0 aliphatic carbocycles. The molecule has 1 heterocycles. The maximum Gasteiger partial charge on any atom is 0.107 e. The van der Waals surface area contributed by atoms with E-state index in [2.05, 4.69) is 52.8 Å². The molecule has 2 nitrogen and oxygen atoms in total. The lowest BCUT2D eigenvalue weighted by atomic mass is 10.0. The molecular weight excluding hydrogens is 383 g/mol. The molecule has 130 valence electrons. The van der Waals surface area contributed by atoms with E-state index in [0.29, 0.717) is 10.0 Å². The molecule has 1 N–H and O–H groups in total. The summed E-state index contributed by atoms with van der Waals surface area (Å²) in [5.41, 5.74) is 2.33.